The van der Waals surface area contributed by atoms with Crippen LogP contribution in [0.15, 0.2) is 18.2 Å². The van der Waals surface area contributed by atoms with Crippen molar-refractivity contribution in [3.05, 3.63) is 28.8 Å². The lowest BCUT2D eigenvalue weighted by molar-refractivity contribution is 0.218. The van der Waals surface area contributed by atoms with E-state index in [9.17, 15) is 5.11 Å². The van der Waals surface area contributed by atoms with Crippen molar-refractivity contribution in [3.63, 3.8) is 0 Å². The molecule has 2 nitrogen and oxygen atoms in total. The van der Waals surface area contributed by atoms with Crippen molar-refractivity contribution in [2.45, 2.75) is 19.3 Å². The molecule has 78 valence electrons. The van der Waals surface area contributed by atoms with Gasteiger partial charge in [-0.1, -0.05) is 37.6 Å². The Hall–Kier alpha value is -0.730. The Morgan fingerprint density at radius 2 is 2.07 bits per heavy atom. The summed E-state index contributed by atoms with van der Waals surface area (Å²) in [6.07, 6.45) is 0. The van der Waals surface area contributed by atoms with Gasteiger partial charge in [-0.3, -0.25) is 0 Å². The molecule has 1 N–H and O–H groups in total. The molecule has 0 heterocycles. The molecule has 0 aliphatic heterocycles. The summed E-state index contributed by atoms with van der Waals surface area (Å²) in [5, 5.41) is 9.81. The van der Waals surface area contributed by atoms with E-state index in [1.807, 2.05) is 26.0 Å². The molecule has 0 atom stereocenters. The van der Waals surface area contributed by atoms with Crippen molar-refractivity contribution >= 4 is 11.6 Å². The summed E-state index contributed by atoms with van der Waals surface area (Å²) >= 11 is 6.14. The lowest BCUT2D eigenvalue weighted by Crippen LogP contribution is -2.22. The van der Waals surface area contributed by atoms with E-state index in [-0.39, 0.29) is 12.0 Å². The average Bonchev–Trinajstić information content (AvgIpc) is 2.18. The molecule has 0 saturated heterocycles. The second-order valence-corrected chi connectivity index (χ2v) is 4.24. The fourth-order valence-corrected chi connectivity index (χ4v) is 1.74. The summed E-state index contributed by atoms with van der Waals surface area (Å²) in [5.74, 6) is 0.644. The Balaban J connectivity index is 3.22. The molecule has 0 aliphatic carbocycles. The maximum Gasteiger partial charge on any atom is 0.137 e. The maximum absolute atomic E-state index is 9.24. The van der Waals surface area contributed by atoms with Crippen LogP contribution in [0.5, 0.6) is 5.75 Å². The van der Waals surface area contributed by atoms with Gasteiger partial charge in [0, 0.05) is 5.41 Å². The van der Waals surface area contributed by atoms with Crippen molar-refractivity contribution < 1.29 is 9.84 Å². The fourth-order valence-electron chi connectivity index (χ4n) is 1.28. The number of ether oxygens (including phenoxy) is 1. The summed E-state index contributed by atoms with van der Waals surface area (Å²) in [6, 6.07) is 5.58. The van der Waals surface area contributed by atoms with Crippen LogP contribution in [0.25, 0.3) is 0 Å². The Kier molecular flexibility index (Phi) is 3.40. The number of benzene rings is 1. The van der Waals surface area contributed by atoms with Crippen LogP contribution in [0.4, 0.5) is 0 Å². The van der Waals surface area contributed by atoms with Gasteiger partial charge in [-0.15, -0.1) is 0 Å². The monoisotopic (exact) mass is 214 g/mol. The molecule has 1 aromatic carbocycles. The predicted octanol–water partition coefficient (Wildman–Crippen LogP) is 2.62. The van der Waals surface area contributed by atoms with Crippen molar-refractivity contribution in [2.24, 2.45) is 0 Å². The number of methoxy groups -OCH3 is 1. The van der Waals surface area contributed by atoms with Crippen LogP contribution in [0.2, 0.25) is 5.02 Å². The predicted molar refractivity (Wildman–Crippen MR) is 58.1 cm³/mol. The summed E-state index contributed by atoms with van der Waals surface area (Å²) in [5.41, 5.74) is 0.562. The van der Waals surface area contributed by atoms with E-state index in [0.717, 1.165) is 5.56 Å². The topological polar surface area (TPSA) is 29.5 Å². The molecule has 0 unspecified atom stereocenters. The van der Waals surface area contributed by atoms with Gasteiger partial charge in [-0.25, -0.2) is 0 Å². The second kappa shape index (κ2) is 4.20. The molecule has 0 saturated carbocycles. The van der Waals surface area contributed by atoms with Crippen LogP contribution in [0.3, 0.4) is 0 Å². The normalized spacial score (nSPS) is 11.5. The molecular weight excluding hydrogens is 200 g/mol. The van der Waals surface area contributed by atoms with Crippen LogP contribution in [0, 0.1) is 0 Å². The molecule has 1 rings (SSSR count). The van der Waals surface area contributed by atoms with Gasteiger partial charge in [0.25, 0.3) is 0 Å². The molecule has 14 heavy (non-hydrogen) atoms. The number of aliphatic hydroxyl groups is 1. The van der Waals surface area contributed by atoms with Gasteiger partial charge >= 0.3 is 0 Å². The highest BCUT2D eigenvalue weighted by Gasteiger charge is 2.23. The first-order chi connectivity index (χ1) is 6.53. The summed E-state index contributed by atoms with van der Waals surface area (Å²) < 4.78 is 5.11. The van der Waals surface area contributed by atoms with Gasteiger partial charge in [-0.2, -0.15) is 0 Å². The minimum Gasteiger partial charge on any atom is -0.495 e. The second-order valence-electron chi connectivity index (χ2n) is 3.86. The number of hydrogen-bond acceptors (Lipinski definition) is 2. The highest BCUT2D eigenvalue weighted by Crippen LogP contribution is 2.35. The van der Waals surface area contributed by atoms with Gasteiger partial charge in [0.05, 0.1) is 18.7 Å². The van der Waals surface area contributed by atoms with E-state index in [1.165, 1.54) is 0 Å². The van der Waals surface area contributed by atoms with E-state index in [4.69, 9.17) is 16.3 Å². The van der Waals surface area contributed by atoms with E-state index in [0.29, 0.717) is 10.8 Å². The lowest BCUT2D eigenvalue weighted by Gasteiger charge is -2.24. The zero-order chi connectivity index (χ0) is 10.8. The summed E-state index contributed by atoms with van der Waals surface area (Å²) in [7, 11) is 1.58. The van der Waals surface area contributed by atoms with E-state index in [1.54, 1.807) is 13.2 Å². The molecule has 0 fully saturated rings. The van der Waals surface area contributed by atoms with E-state index >= 15 is 0 Å². The zero-order valence-corrected chi connectivity index (χ0v) is 9.43. The third-order valence-corrected chi connectivity index (χ3v) is 2.70. The summed E-state index contributed by atoms with van der Waals surface area (Å²) in [6.45, 7) is 3.93. The molecule has 0 spiro atoms. The first-order valence-electron chi connectivity index (χ1n) is 4.47. The largest absolute Gasteiger partial charge is 0.495 e. The Labute approximate surface area is 89.5 Å². The minimum absolute atomic E-state index is 0.0554. The van der Waals surface area contributed by atoms with Crippen molar-refractivity contribution in [1.82, 2.24) is 0 Å². The van der Waals surface area contributed by atoms with Crippen LogP contribution in [-0.2, 0) is 5.41 Å². The smallest absolute Gasteiger partial charge is 0.137 e. The molecule has 3 heteroatoms. The van der Waals surface area contributed by atoms with Crippen LogP contribution >= 0.6 is 11.6 Å². The van der Waals surface area contributed by atoms with Gasteiger partial charge in [0.15, 0.2) is 0 Å². The van der Waals surface area contributed by atoms with Crippen molar-refractivity contribution in [1.29, 1.82) is 0 Å². The SMILES string of the molecule is COc1cccc(C(C)(C)CO)c1Cl. The van der Waals surface area contributed by atoms with Crippen LogP contribution < -0.4 is 4.74 Å². The number of halogens is 1. The van der Waals surface area contributed by atoms with Crippen LogP contribution in [0.1, 0.15) is 19.4 Å². The Bertz CT molecular complexity index is 321. The molecule has 0 bridgehead atoms. The van der Waals surface area contributed by atoms with E-state index < -0.39 is 0 Å². The van der Waals surface area contributed by atoms with Crippen molar-refractivity contribution in [3.8, 4) is 5.75 Å². The third-order valence-electron chi connectivity index (χ3n) is 2.31. The van der Waals surface area contributed by atoms with Gasteiger partial charge < -0.3 is 9.84 Å². The van der Waals surface area contributed by atoms with E-state index in [2.05, 4.69) is 0 Å². The first-order valence-corrected chi connectivity index (χ1v) is 4.84. The Morgan fingerprint density at radius 1 is 1.43 bits per heavy atom. The first kappa shape index (κ1) is 11.3. The highest BCUT2D eigenvalue weighted by molar-refractivity contribution is 6.33. The maximum atomic E-state index is 9.24. The molecule has 0 radical (unpaired) electrons. The fraction of sp³-hybridized carbons (Fsp3) is 0.455. The van der Waals surface area contributed by atoms with Gasteiger partial charge in [0.1, 0.15) is 5.75 Å². The van der Waals surface area contributed by atoms with Crippen molar-refractivity contribution in [2.75, 3.05) is 13.7 Å². The van der Waals surface area contributed by atoms with Crippen LogP contribution in [-0.4, -0.2) is 18.8 Å². The van der Waals surface area contributed by atoms with Gasteiger partial charge in [-0.05, 0) is 11.6 Å². The third kappa shape index (κ3) is 2.02. The molecule has 0 amide bonds. The molecular formula is C11H15ClO2. The number of aliphatic hydroxyl groups excluding tert-OH is 1. The molecule has 0 aliphatic rings. The lowest BCUT2D eigenvalue weighted by atomic mass is 9.85. The summed E-state index contributed by atoms with van der Waals surface area (Å²) in [4.78, 5) is 0. The number of rotatable bonds is 3. The molecule has 1 aromatic rings. The van der Waals surface area contributed by atoms with Gasteiger partial charge in [0.2, 0.25) is 0 Å². The zero-order valence-electron chi connectivity index (χ0n) is 8.67. The minimum atomic E-state index is -0.342. The average molecular weight is 215 g/mol. The number of hydrogen-bond donors (Lipinski definition) is 1. The highest BCUT2D eigenvalue weighted by atomic mass is 35.5. The Morgan fingerprint density at radius 3 is 2.57 bits per heavy atom. The molecule has 0 aromatic heterocycles. The quantitative estimate of drug-likeness (QED) is 0.838. The standard InChI is InChI=1S/C11H15ClO2/c1-11(2,7-13)8-5-4-6-9(14-3)10(8)12/h4-6,13H,7H2,1-3H3.